The molecule has 1 aromatic heterocycles. The minimum absolute atomic E-state index is 0.554. The lowest BCUT2D eigenvalue weighted by Gasteiger charge is -2.36. The van der Waals surface area contributed by atoms with Gasteiger partial charge >= 0.3 is 0 Å². The van der Waals surface area contributed by atoms with Gasteiger partial charge in [0.05, 0.1) is 13.2 Å². The van der Waals surface area contributed by atoms with Crippen molar-refractivity contribution < 1.29 is 4.74 Å². The number of ether oxygens (including phenoxy) is 1. The molecule has 2 aliphatic rings. The molecular weight excluding hydrogens is 348 g/mol. The van der Waals surface area contributed by atoms with Crippen LogP contribution >= 0.6 is 12.2 Å². The van der Waals surface area contributed by atoms with Crippen molar-refractivity contribution in [2.75, 3.05) is 61.1 Å². The smallest absolute Gasteiger partial charge is 0.232 e. The molecule has 0 saturated carbocycles. The van der Waals surface area contributed by atoms with E-state index in [4.69, 9.17) is 26.9 Å². The van der Waals surface area contributed by atoms with Crippen LogP contribution in [0.2, 0.25) is 0 Å². The van der Waals surface area contributed by atoms with Crippen molar-refractivity contribution in [3.8, 4) is 0 Å². The zero-order valence-electron chi connectivity index (χ0n) is 16.0. The molecule has 26 heavy (non-hydrogen) atoms. The van der Waals surface area contributed by atoms with Gasteiger partial charge in [0, 0.05) is 38.8 Å². The molecule has 3 heterocycles. The topological polar surface area (TPSA) is 65.6 Å². The van der Waals surface area contributed by atoms with Crippen LogP contribution in [0.15, 0.2) is 6.07 Å². The zero-order chi connectivity index (χ0) is 18.5. The van der Waals surface area contributed by atoms with Gasteiger partial charge in [-0.25, -0.2) is 0 Å². The molecule has 0 aliphatic carbocycles. The summed E-state index contributed by atoms with van der Waals surface area (Å²) in [5, 5.41) is 6.79. The summed E-state index contributed by atoms with van der Waals surface area (Å²) in [6, 6.07) is 2.11. The summed E-state index contributed by atoms with van der Waals surface area (Å²) in [5.74, 6) is 3.80. The van der Waals surface area contributed by atoms with Crippen LogP contribution in [0.1, 0.15) is 27.2 Å². The molecule has 3 rings (SSSR count). The summed E-state index contributed by atoms with van der Waals surface area (Å²) in [6.45, 7) is 12.6. The summed E-state index contributed by atoms with van der Waals surface area (Å²) < 4.78 is 5.48. The van der Waals surface area contributed by atoms with E-state index in [0.717, 1.165) is 57.6 Å². The zero-order valence-corrected chi connectivity index (χ0v) is 16.8. The van der Waals surface area contributed by atoms with Crippen molar-refractivity contribution in [2.45, 2.75) is 27.2 Å². The molecule has 2 N–H and O–H groups in total. The third kappa shape index (κ3) is 4.94. The van der Waals surface area contributed by atoms with Crippen LogP contribution in [0.25, 0.3) is 0 Å². The van der Waals surface area contributed by atoms with E-state index in [-0.39, 0.29) is 0 Å². The number of anilines is 3. The molecule has 0 spiro atoms. The average molecular weight is 379 g/mol. The van der Waals surface area contributed by atoms with E-state index in [1.807, 2.05) is 6.92 Å². The maximum Gasteiger partial charge on any atom is 0.232 e. The van der Waals surface area contributed by atoms with Crippen LogP contribution in [0.3, 0.4) is 0 Å². The number of hydrogen-bond acceptors (Lipinski definition) is 6. The van der Waals surface area contributed by atoms with Gasteiger partial charge in [-0.3, -0.25) is 0 Å². The predicted octanol–water partition coefficient (Wildman–Crippen LogP) is 2.10. The van der Waals surface area contributed by atoms with E-state index in [0.29, 0.717) is 22.9 Å². The summed E-state index contributed by atoms with van der Waals surface area (Å²) in [4.78, 5) is 14.1. The Morgan fingerprint density at radius 3 is 2.38 bits per heavy atom. The van der Waals surface area contributed by atoms with Crippen LogP contribution in [0.5, 0.6) is 0 Å². The van der Waals surface area contributed by atoms with E-state index in [2.05, 4.69) is 40.3 Å². The van der Waals surface area contributed by atoms with Crippen molar-refractivity contribution >= 4 is 34.9 Å². The van der Waals surface area contributed by atoms with Crippen LogP contribution in [0.4, 0.5) is 17.6 Å². The Kier molecular flexibility index (Phi) is 6.48. The van der Waals surface area contributed by atoms with Crippen molar-refractivity contribution in [2.24, 2.45) is 11.8 Å². The minimum Gasteiger partial charge on any atom is -0.378 e. The molecule has 0 radical (unpaired) electrons. The second-order valence-corrected chi connectivity index (χ2v) is 7.75. The Labute approximate surface area is 161 Å². The van der Waals surface area contributed by atoms with Gasteiger partial charge in [0.2, 0.25) is 5.95 Å². The number of nitrogens with one attached hydrogen (secondary N) is 2. The Bertz CT molecular complexity index is 612. The summed E-state index contributed by atoms with van der Waals surface area (Å²) in [6.07, 6.45) is 1.27. The van der Waals surface area contributed by atoms with E-state index < -0.39 is 0 Å². The van der Waals surface area contributed by atoms with Crippen LogP contribution in [0, 0.1) is 11.8 Å². The molecular formula is C18H30N6OS. The first-order chi connectivity index (χ1) is 12.5. The molecule has 2 aliphatic heterocycles. The van der Waals surface area contributed by atoms with Crippen LogP contribution in [-0.4, -0.2) is 61.0 Å². The highest BCUT2D eigenvalue weighted by molar-refractivity contribution is 7.80. The molecule has 8 heteroatoms. The van der Waals surface area contributed by atoms with E-state index in [1.165, 1.54) is 6.42 Å². The Morgan fingerprint density at radius 1 is 1.15 bits per heavy atom. The van der Waals surface area contributed by atoms with E-state index in [9.17, 15) is 0 Å². The summed E-state index contributed by atoms with van der Waals surface area (Å²) >= 11 is 5.32. The molecule has 144 valence electrons. The van der Waals surface area contributed by atoms with Gasteiger partial charge in [0.1, 0.15) is 11.6 Å². The highest BCUT2D eigenvalue weighted by atomic mass is 32.1. The lowest BCUT2D eigenvalue weighted by Crippen LogP contribution is -2.40. The van der Waals surface area contributed by atoms with Crippen molar-refractivity contribution in [3.05, 3.63) is 6.07 Å². The number of aromatic nitrogens is 2. The fourth-order valence-electron chi connectivity index (χ4n) is 3.75. The third-order valence-electron chi connectivity index (χ3n) is 4.79. The number of hydrogen-bond donors (Lipinski definition) is 2. The van der Waals surface area contributed by atoms with Gasteiger partial charge in [0.25, 0.3) is 0 Å². The molecule has 2 atom stereocenters. The minimum atomic E-state index is 0.554. The first-order valence-electron chi connectivity index (χ1n) is 9.56. The Morgan fingerprint density at radius 2 is 1.77 bits per heavy atom. The van der Waals surface area contributed by atoms with Gasteiger partial charge < -0.3 is 25.2 Å². The van der Waals surface area contributed by atoms with Gasteiger partial charge in [0.15, 0.2) is 5.11 Å². The quantitative estimate of drug-likeness (QED) is 0.773. The molecule has 0 amide bonds. The average Bonchev–Trinajstić information content (AvgIpc) is 2.61. The van der Waals surface area contributed by atoms with Gasteiger partial charge in [-0.2, -0.15) is 9.97 Å². The second kappa shape index (κ2) is 8.81. The molecule has 0 aromatic carbocycles. The maximum atomic E-state index is 5.48. The summed E-state index contributed by atoms with van der Waals surface area (Å²) in [5.41, 5.74) is 0. The molecule has 2 saturated heterocycles. The van der Waals surface area contributed by atoms with Crippen molar-refractivity contribution in [3.63, 3.8) is 0 Å². The van der Waals surface area contributed by atoms with E-state index >= 15 is 0 Å². The second-order valence-electron chi connectivity index (χ2n) is 7.34. The van der Waals surface area contributed by atoms with Gasteiger partial charge in [-0.05, 0) is 37.4 Å². The third-order valence-corrected chi connectivity index (χ3v) is 5.04. The van der Waals surface area contributed by atoms with Crippen LogP contribution < -0.4 is 20.4 Å². The first kappa shape index (κ1) is 19.1. The standard InChI is InChI=1S/C18H30N6OS/c1-4-19-18(26)22-17-20-15(23-5-7-25-8-6-23)10-16(21-17)24-11-13(2)9-14(3)12-24/h10,13-14H,4-9,11-12H2,1-3H3,(H2,19,20,21,22,26)/t13-,14-/m1/s1. The maximum absolute atomic E-state index is 5.48. The van der Waals surface area contributed by atoms with Crippen molar-refractivity contribution in [1.29, 1.82) is 0 Å². The molecule has 2 fully saturated rings. The molecule has 1 aromatic rings. The molecule has 0 bridgehead atoms. The first-order valence-corrected chi connectivity index (χ1v) is 9.97. The fraction of sp³-hybridized carbons (Fsp3) is 0.722. The monoisotopic (exact) mass is 378 g/mol. The normalized spacial score (nSPS) is 23.7. The highest BCUT2D eigenvalue weighted by Gasteiger charge is 2.25. The van der Waals surface area contributed by atoms with Gasteiger partial charge in [-0.15, -0.1) is 0 Å². The largest absolute Gasteiger partial charge is 0.378 e. The van der Waals surface area contributed by atoms with E-state index in [1.54, 1.807) is 0 Å². The van der Waals surface area contributed by atoms with Gasteiger partial charge in [-0.1, -0.05) is 13.8 Å². The fourth-order valence-corrected chi connectivity index (χ4v) is 3.99. The lowest BCUT2D eigenvalue weighted by molar-refractivity contribution is 0.122. The predicted molar refractivity (Wildman–Crippen MR) is 110 cm³/mol. The summed E-state index contributed by atoms with van der Waals surface area (Å²) in [7, 11) is 0. The van der Waals surface area contributed by atoms with Crippen molar-refractivity contribution in [1.82, 2.24) is 15.3 Å². The Balaban J connectivity index is 1.87. The number of piperidine rings is 1. The Hall–Kier alpha value is -1.67. The highest BCUT2D eigenvalue weighted by Crippen LogP contribution is 2.28. The molecule has 0 unspecified atom stereocenters. The number of rotatable bonds is 4. The lowest BCUT2D eigenvalue weighted by atomic mass is 9.92. The number of morpholine rings is 1. The molecule has 7 nitrogen and oxygen atoms in total. The number of nitrogens with zero attached hydrogens (tertiary/aromatic N) is 4. The number of thiocarbonyl (C=S) groups is 1. The SMILES string of the molecule is CCNC(=S)Nc1nc(N2CCOCC2)cc(N2C[C@H](C)C[C@@H](C)C2)n1. The van der Waals surface area contributed by atoms with Crippen LogP contribution in [-0.2, 0) is 4.74 Å².